The van der Waals surface area contributed by atoms with Gasteiger partial charge in [0.05, 0.1) is 8.07 Å². The van der Waals surface area contributed by atoms with E-state index in [1.54, 1.807) is 5.19 Å². The van der Waals surface area contributed by atoms with Gasteiger partial charge in [0.1, 0.15) is 0 Å². The molecule has 1 unspecified atom stereocenters. The maximum Gasteiger partial charge on any atom is 0.0809 e. The molecule has 1 heteroatoms. The molecule has 21 heavy (non-hydrogen) atoms. The largest absolute Gasteiger partial charge is 0.103 e. The molecule has 0 bridgehead atoms. The summed E-state index contributed by atoms with van der Waals surface area (Å²) in [7, 11) is -1.38. The van der Waals surface area contributed by atoms with Gasteiger partial charge in [-0.15, -0.1) is 6.58 Å². The molecule has 0 spiro atoms. The van der Waals surface area contributed by atoms with Gasteiger partial charge in [0.2, 0.25) is 0 Å². The smallest absolute Gasteiger partial charge is 0.0809 e. The maximum absolute atomic E-state index is 3.96. The van der Waals surface area contributed by atoms with Crippen LogP contribution >= 0.6 is 0 Å². The summed E-state index contributed by atoms with van der Waals surface area (Å²) >= 11 is 0. The first-order chi connectivity index (χ1) is 10.1. The fourth-order valence-electron chi connectivity index (χ4n) is 3.15. The Hall–Kier alpha value is -1.60. The summed E-state index contributed by atoms with van der Waals surface area (Å²) in [6.45, 7) is 8.94. The van der Waals surface area contributed by atoms with Crippen LogP contribution in [0.3, 0.4) is 0 Å². The molecule has 0 nitrogen and oxygen atoms in total. The highest BCUT2D eigenvalue weighted by Gasteiger charge is 2.26. The van der Waals surface area contributed by atoms with Gasteiger partial charge < -0.3 is 0 Å². The van der Waals surface area contributed by atoms with Crippen molar-refractivity contribution in [3.05, 3.63) is 78.9 Å². The molecule has 0 heterocycles. The Balaban J connectivity index is 2.10. The third kappa shape index (κ3) is 4.71. The standard InChI is InChI=1S/C20H26Si/c1-4-11-19(16-18-12-7-5-8-13-18)17-21(2,3)20-14-9-6-10-15-20/h4-10,12-15,19H,1,11,16-17H2,2-3H3. The summed E-state index contributed by atoms with van der Waals surface area (Å²) in [5.74, 6) is 0.701. The van der Waals surface area contributed by atoms with Crippen molar-refractivity contribution in [3.8, 4) is 0 Å². The molecule has 2 aromatic carbocycles. The van der Waals surface area contributed by atoms with Gasteiger partial charge in [-0.2, -0.15) is 0 Å². The summed E-state index contributed by atoms with van der Waals surface area (Å²) in [6.07, 6.45) is 4.36. The van der Waals surface area contributed by atoms with Crippen molar-refractivity contribution in [2.24, 2.45) is 5.92 Å². The van der Waals surface area contributed by atoms with E-state index in [1.807, 2.05) is 0 Å². The van der Waals surface area contributed by atoms with Crippen molar-refractivity contribution < 1.29 is 0 Å². The van der Waals surface area contributed by atoms with Gasteiger partial charge in [0.15, 0.2) is 0 Å². The molecule has 0 aliphatic rings. The van der Waals surface area contributed by atoms with E-state index in [0.29, 0.717) is 5.92 Å². The molecule has 0 aliphatic heterocycles. The number of rotatable bonds is 7. The van der Waals surface area contributed by atoms with Gasteiger partial charge in [0, 0.05) is 0 Å². The van der Waals surface area contributed by atoms with Crippen LogP contribution < -0.4 is 5.19 Å². The summed E-state index contributed by atoms with van der Waals surface area (Å²) < 4.78 is 0. The quantitative estimate of drug-likeness (QED) is 0.496. The van der Waals surface area contributed by atoms with E-state index in [4.69, 9.17) is 0 Å². The van der Waals surface area contributed by atoms with Crippen molar-refractivity contribution in [2.45, 2.75) is 32.0 Å². The second-order valence-corrected chi connectivity index (χ2v) is 11.3. The minimum Gasteiger partial charge on any atom is -0.103 e. The van der Waals surface area contributed by atoms with Crippen molar-refractivity contribution >= 4 is 13.3 Å². The Kier molecular flexibility index (Phi) is 5.57. The summed E-state index contributed by atoms with van der Waals surface area (Å²) in [5.41, 5.74) is 1.45. The van der Waals surface area contributed by atoms with Crippen LogP contribution in [0.2, 0.25) is 19.1 Å². The average Bonchev–Trinajstić information content (AvgIpc) is 2.49. The molecular weight excluding hydrogens is 268 g/mol. The van der Waals surface area contributed by atoms with Crippen molar-refractivity contribution in [1.82, 2.24) is 0 Å². The highest BCUT2D eigenvalue weighted by Crippen LogP contribution is 2.24. The Labute approximate surface area is 130 Å². The van der Waals surface area contributed by atoms with Crippen LogP contribution in [0.1, 0.15) is 12.0 Å². The fraction of sp³-hybridized carbons (Fsp3) is 0.300. The SMILES string of the molecule is C=CCC(Cc1ccccc1)C[Si](C)(C)c1ccccc1. The molecule has 0 aromatic heterocycles. The highest BCUT2D eigenvalue weighted by atomic mass is 28.3. The summed E-state index contributed by atoms with van der Waals surface area (Å²) in [4.78, 5) is 0. The van der Waals surface area contributed by atoms with Crippen LogP contribution in [-0.2, 0) is 6.42 Å². The minimum absolute atomic E-state index is 0.701. The van der Waals surface area contributed by atoms with Crippen molar-refractivity contribution in [1.29, 1.82) is 0 Å². The molecule has 0 saturated heterocycles. The lowest BCUT2D eigenvalue weighted by molar-refractivity contribution is 0.582. The zero-order valence-corrected chi connectivity index (χ0v) is 14.3. The van der Waals surface area contributed by atoms with Gasteiger partial charge >= 0.3 is 0 Å². The van der Waals surface area contributed by atoms with E-state index in [0.717, 1.165) is 12.8 Å². The van der Waals surface area contributed by atoms with Crippen molar-refractivity contribution in [3.63, 3.8) is 0 Å². The van der Waals surface area contributed by atoms with Crippen LogP contribution in [0.25, 0.3) is 0 Å². The van der Waals surface area contributed by atoms with Gasteiger partial charge in [0.25, 0.3) is 0 Å². The van der Waals surface area contributed by atoms with E-state index < -0.39 is 8.07 Å². The first-order valence-corrected chi connectivity index (χ1v) is 11.0. The van der Waals surface area contributed by atoms with Crippen LogP contribution in [0.5, 0.6) is 0 Å². The van der Waals surface area contributed by atoms with E-state index in [9.17, 15) is 0 Å². The highest BCUT2D eigenvalue weighted by molar-refractivity contribution is 6.89. The maximum atomic E-state index is 3.96. The Bertz CT molecular complexity index is 543. The molecule has 1 atom stereocenters. The monoisotopic (exact) mass is 294 g/mol. The fourth-order valence-corrected chi connectivity index (χ4v) is 6.24. The normalized spacial score (nSPS) is 12.9. The van der Waals surface area contributed by atoms with Gasteiger partial charge in [-0.25, -0.2) is 0 Å². The zero-order chi connectivity index (χ0) is 15.1. The van der Waals surface area contributed by atoms with Gasteiger partial charge in [-0.3, -0.25) is 0 Å². The van der Waals surface area contributed by atoms with E-state index in [2.05, 4.69) is 86.4 Å². The zero-order valence-electron chi connectivity index (χ0n) is 13.3. The van der Waals surface area contributed by atoms with Crippen molar-refractivity contribution in [2.75, 3.05) is 0 Å². The van der Waals surface area contributed by atoms with Crippen LogP contribution in [0.4, 0.5) is 0 Å². The molecule has 0 amide bonds. The molecule has 0 aliphatic carbocycles. The van der Waals surface area contributed by atoms with Crippen LogP contribution in [0, 0.1) is 5.92 Å². The lowest BCUT2D eigenvalue weighted by Crippen LogP contribution is -2.43. The van der Waals surface area contributed by atoms with E-state index in [-0.39, 0.29) is 0 Å². The number of allylic oxidation sites excluding steroid dienone is 1. The predicted octanol–water partition coefficient (Wildman–Crippen LogP) is 5.04. The lowest BCUT2D eigenvalue weighted by atomic mass is 9.98. The van der Waals surface area contributed by atoms with Gasteiger partial charge in [-0.1, -0.05) is 91.1 Å². The third-order valence-corrected chi connectivity index (χ3v) is 7.72. The molecule has 0 radical (unpaired) electrons. The van der Waals surface area contributed by atoms with Gasteiger partial charge in [-0.05, 0) is 24.3 Å². The second kappa shape index (κ2) is 7.42. The summed E-state index contributed by atoms with van der Waals surface area (Å²) in [6, 6.07) is 23.2. The number of hydrogen-bond donors (Lipinski definition) is 0. The van der Waals surface area contributed by atoms with Crippen LogP contribution in [-0.4, -0.2) is 8.07 Å². The molecule has 2 rings (SSSR count). The molecule has 0 N–H and O–H groups in total. The third-order valence-electron chi connectivity index (χ3n) is 4.22. The predicted molar refractivity (Wildman–Crippen MR) is 96.8 cm³/mol. The molecule has 110 valence electrons. The van der Waals surface area contributed by atoms with Crippen LogP contribution in [0.15, 0.2) is 73.3 Å². The van der Waals surface area contributed by atoms with E-state index >= 15 is 0 Å². The first kappa shape index (κ1) is 15.8. The molecule has 2 aromatic rings. The Morgan fingerprint density at radius 3 is 2.10 bits per heavy atom. The second-order valence-electron chi connectivity index (χ2n) is 6.53. The number of benzene rings is 2. The minimum atomic E-state index is -1.38. The lowest BCUT2D eigenvalue weighted by Gasteiger charge is -2.28. The Morgan fingerprint density at radius 1 is 0.952 bits per heavy atom. The first-order valence-electron chi connectivity index (χ1n) is 7.82. The molecule has 0 saturated carbocycles. The average molecular weight is 295 g/mol. The topological polar surface area (TPSA) is 0 Å². The summed E-state index contributed by atoms with van der Waals surface area (Å²) in [5, 5.41) is 1.56. The Morgan fingerprint density at radius 2 is 1.52 bits per heavy atom. The van der Waals surface area contributed by atoms with E-state index in [1.165, 1.54) is 11.6 Å². The molecule has 0 fully saturated rings. The number of hydrogen-bond acceptors (Lipinski definition) is 0. The molecular formula is C20H26Si.